The Kier molecular flexibility index (Phi) is 4.07. The molecular formula is C19H24F2N2O. The lowest BCUT2D eigenvalue weighted by molar-refractivity contribution is -0.136. The third kappa shape index (κ3) is 2.53. The van der Waals surface area contributed by atoms with Gasteiger partial charge in [-0.3, -0.25) is 9.69 Å². The molecule has 0 aromatic heterocycles. The number of likely N-dealkylation sites (tertiary alicyclic amines) is 1. The van der Waals surface area contributed by atoms with Crippen LogP contribution in [0.5, 0.6) is 0 Å². The molecule has 4 heterocycles. The molecule has 5 heteroatoms. The SMILES string of the molecule is CCCC(=O)N1C[C@H](c2cc(F)cc(F)c2)[C@H]2[C@@H]1C1CCN2CC1. The highest BCUT2D eigenvalue weighted by Gasteiger charge is 2.54. The predicted octanol–water partition coefficient (Wildman–Crippen LogP) is 3.15. The molecule has 3 nitrogen and oxygen atoms in total. The van der Waals surface area contributed by atoms with Crippen LogP contribution in [0.4, 0.5) is 8.78 Å². The fourth-order valence-electron chi connectivity index (χ4n) is 5.14. The van der Waals surface area contributed by atoms with Gasteiger partial charge in [0.2, 0.25) is 5.91 Å². The Morgan fingerprint density at radius 1 is 1.12 bits per heavy atom. The average Bonchev–Trinajstić information content (AvgIpc) is 2.98. The van der Waals surface area contributed by atoms with Crippen LogP contribution >= 0.6 is 0 Å². The molecule has 4 saturated heterocycles. The second-order valence-electron chi connectivity index (χ2n) is 7.46. The van der Waals surface area contributed by atoms with E-state index in [-0.39, 0.29) is 23.9 Å². The standard InChI is InChI=1S/C19H24F2N2O/c1-2-3-17(24)23-11-16(13-8-14(20)10-15(21)9-13)19-18(23)12-4-6-22(19)7-5-12/h8-10,12,16,18-19H,2-7,11H2,1H3/t16-,18+,19+/m1/s1. The second-order valence-corrected chi connectivity index (χ2v) is 7.46. The lowest BCUT2D eigenvalue weighted by Gasteiger charge is -2.51. The molecule has 1 amide bonds. The van der Waals surface area contributed by atoms with Crippen molar-refractivity contribution in [2.45, 2.75) is 50.6 Å². The highest BCUT2D eigenvalue weighted by atomic mass is 19.1. The summed E-state index contributed by atoms with van der Waals surface area (Å²) in [4.78, 5) is 17.1. The zero-order chi connectivity index (χ0) is 16.8. The largest absolute Gasteiger partial charge is 0.337 e. The first kappa shape index (κ1) is 16.0. The van der Waals surface area contributed by atoms with Gasteiger partial charge in [-0.2, -0.15) is 0 Å². The minimum atomic E-state index is -0.532. The Labute approximate surface area is 141 Å². The molecule has 0 spiro atoms. The van der Waals surface area contributed by atoms with Crippen LogP contribution in [0.3, 0.4) is 0 Å². The summed E-state index contributed by atoms with van der Waals surface area (Å²) < 4.78 is 27.5. The van der Waals surface area contributed by atoms with Crippen molar-refractivity contribution in [3.63, 3.8) is 0 Å². The highest BCUT2D eigenvalue weighted by molar-refractivity contribution is 5.77. The lowest BCUT2D eigenvalue weighted by Crippen LogP contribution is -2.60. The van der Waals surface area contributed by atoms with E-state index in [1.54, 1.807) is 0 Å². The number of nitrogens with zero attached hydrogens (tertiary/aromatic N) is 2. The number of amides is 1. The molecule has 3 atom stereocenters. The fraction of sp³-hybridized carbons (Fsp3) is 0.632. The first-order valence-electron chi connectivity index (χ1n) is 9.08. The first-order chi connectivity index (χ1) is 11.6. The van der Waals surface area contributed by atoms with Crippen LogP contribution < -0.4 is 0 Å². The number of benzene rings is 1. The van der Waals surface area contributed by atoms with E-state index in [0.717, 1.165) is 38.4 Å². The Morgan fingerprint density at radius 2 is 1.79 bits per heavy atom. The third-order valence-electron chi connectivity index (χ3n) is 6.09. The van der Waals surface area contributed by atoms with E-state index < -0.39 is 11.6 Å². The van der Waals surface area contributed by atoms with Crippen molar-refractivity contribution in [2.24, 2.45) is 5.92 Å². The fourth-order valence-corrected chi connectivity index (χ4v) is 5.14. The van der Waals surface area contributed by atoms with Crippen LogP contribution in [-0.4, -0.2) is 47.4 Å². The van der Waals surface area contributed by atoms with Crippen LogP contribution in [0.25, 0.3) is 0 Å². The van der Waals surface area contributed by atoms with Gasteiger partial charge in [0, 0.05) is 31.0 Å². The zero-order valence-electron chi connectivity index (χ0n) is 14.0. The minimum Gasteiger partial charge on any atom is -0.337 e. The summed E-state index contributed by atoms with van der Waals surface area (Å²) >= 11 is 0. The average molecular weight is 334 g/mol. The molecule has 5 rings (SSSR count). The van der Waals surface area contributed by atoms with Gasteiger partial charge in [-0.25, -0.2) is 8.78 Å². The number of halogens is 2. The maximum absolute atomic E-state index is 13.7. The van der Waals surface area contributed by atoms with E-state index >= 15 is 0 Å². The molecular weight excluding hydrogens is 310 g/mol. The van der Waals surface area contributed by atoms with Crippen molar-refractivity contribution in [1.82, 2.24) is 9.80 Å². The van der Waals surface area contributed by atoms with Gasteiger partial charge in [0.25, 0.3) is 0 Å². The first-order valence-corrected chi connectivity index (χ1v) is 9.08. The number of carbonyl (C=O) groups excluding carboxylic acids is 1. The molecule has 24 heavy (non-hydrogen) atoms. The van der Waals surface area contributed by atoms with Gasteiger partial charge in [0.05, 0.1) is 6.04 Å². The summed E-state index contributed by atoms with van der Waals surface area (Å²) in [7, 11) is 0. The Bertz CT molecular complexity index is 622. The van der Waals surface area contributed by atoms with Gasteiger partial charge in [-0.1, -0.05) is 6.92 Å². The maximum atomic E-state index is 13.7. The molecule has 4 fully saturated rings. The van der Waals surface area contributed by atoms with Gasteiger partial charge >= 0.3 is 0 Å². The summed E-state index contributed by atoms with van der Waals surface area (Å²) in [6, 6.07) is 4.23. The quantitative estimate of drug-likeness (QED) is 0.848. The van der Waals surface area contributed by atoms with Crippen molar-refractivity contribution in [3.05, 3.63) is 35.4 Å². The number of hydrogen-bond donors (Lipinski definition) is 0. The molecule has 0 radical (unpaired) electrons. The summed E-state index contributed by atoms with van der Waals surface area (Å²) in [5, 5.41) is 0. The van der Waals surface area contributed by atoms with Crippen LogP contribution in [0.2, 0.25) is 0 Å². The molecule has 0 unspecified atom stereocenters. The molecule has 0 N–H and O–H groups in total. The highest BCUT2D eigenvalue weighted by Crippen LogP contribution is 2.46. The van der Waals surface area contributed by atoms with E-state index in [2.05, 4.69) is 4.90 Å². The van der Waals surface area contributed by atoms with Gasteiger partial charge in [0.15, 0.2) is 0 Å². The number of piperidine rings is 3. The van der Waals surface area contributed by atoms with Gasteiger partial charge in [-0.15, -0.1) is 0 Å². The van der Waals surface area contributed by atoms with Gasteiger partial charge in [0.1, 0.15) is 11.6 Å². The Hall–Kier alpha value is -1.49. The van der Waals surface area contributed by atoms with E-state index in [1.165, 1.54) is 12.1 Å². The summed E-state index contributed by atoms with van der Waals surface area (Å²) in [6.07, 6.45) is 3.64. The van der Waals surface area contributed by atoms with Crippen LogP contribution in [-0.2, 0) is 4.79 Å². The van der Waals surface area contributed by atoms with E-state index in [0.29, 0.717) is 24.4 Å². The maximum Gasteiger partial charge on any atom is 0.222 e. The lowest BCUT2D eigenvalue weighted by atomic mass is 9.75. The monoisotopic (exact) mass is 334 g/mol. The van der Waals surface area contributed by atoms with Crippen LogP contribution in [0, 0.1) is 17.6 Å². The van der Waals surface area contributed by atoms with Crippen molar-refractivity contribution in [2.75, 3.05) is 19.6 Å². The number of fused-ring (bicyclic) bond motifs is 2. The smallest absolute Gasteiger partial charge is 0.222 e. The molecule has 2 bridgehead atoms. The number of hydrogen-bond acceptors (Lipinski definition) is 2. The predicted molar refractivity (Wildman–Crippen MR) is 87.6 cm³/mol. The van der Waals surface area contributed by atoms with E-state index in [1.807, 2.05) is 11.8 Å². The van der Waals surface area contributed by atoms with Crippen molar-refractivity contribution < 1.29 is 13.6 Å². The van der Waals surface area contributed by atoms with Crippen molar-refractivity contribution >= 4 is 5.91 Å². The molecule has 130 valence electrons. The van der Waals surface area contributed by atoms with Crippen molar-refractivity contribution in [3.8, 4) is 0 Å². The molecule has 4 aliphatic rings. The Morgan fingerprint density at radius 3 is 2.42 bits per heavy atom. The Balaban J connectivity index is 1.71. The van der Waals surface area contributed by atoms with Crippen LogP contribution in [0.1, 0.15) is 44.1 Å². The minimum absolute atomic E-state index is 0.00380. The van der Waals surface area contributed by atoms with Gasteiger partial charge < -0.3 is 4.90 Å². The van der Waals surface area contributed by atoms with Crippen molar-refractivity contribution in [1.29, 1.82) is 0 Å². The second kappa shape index (κ2) is 6.10. The number of carbonyl (C=O) groups is 1. The molecule has 4 aliphatic heterocycles. The molecule has 1 aromatic carbocycles. The third-order valence-corrected chi connectivity index (χ3v) is 6.09. The molecule has 0 saturated carbocycles. The summed E-state index contributed by atoms with van der Waals surface area (Å²) in [5.74, 6) is -0.333. The van der Waals surface area contributed by atoms with E-state index in [9.17, 15) is 13.6 Å². The topological polar surface area (TPSA) is 23.6 Å². The van der Waals surface area contributed by atoms with Crippen LogP contribution in [0.15, 0.2) is 18.2 Å². The zero-order valence-corrected chi connectivity index (χ0v) is 14.0. The molecule has 0 aliphatic carbocycles. The van der Waals surface area contributed by atoms with E-state index in [4.69, 9.17) is 0 Å². The normalized spacial score (nSPS) is 34.5. The summed E-state index contributed by atoms with van der Waals surface area (Å²) in [6.45, 7) is 4.68. The molecule has 1 aromatic rings. The van der Waals surface area contributed by atoms with Gasteiger partial charge in [-0.05, 0) is 56.0 Å². The number of rotatable bonds is 3. The summed E-state index contributed by atoms with van der Waals surface area (Å²) in [5.41, 5.74) is 0.696.